The van der Waals surface area contributed by atoms with E-state index < -0.39 is 6.10 Å². The van der Waals surface area contributed by atoms with Crippen LogP contribution in [0.5, 0.6) is 5.88 Å². The molecule has 2 aromatic rings. The minimum atomic E-state index is -0.574. The van der Waals surface area contributed by atoms with Gasteiger partial charge in [0.25, 0.3) is 0 Å². The van der Waals surface area contributed by atoms with E-state index in [0.29, 0.717) is 12.3 Å². The Balaban J connectivity index is 2.26. The second kappa shape index (κ2) is 6.01. The highest BCUT2D eigenvalue weighted by molar-refractivity contribution is 5.39. The van der Waals surface area contributed by atoms with Gasteiger partial charge in [-0.3, -0.25) is 0 Å². The third kappa shape index (κ3) is 3.14. The molecule has 1 aromatic carbocycles. The minimum Gasteiger partial charge on any atom is -0.481 e. The first-order chi connectivity index (χ1) is 9.51. The highest BCUT2D eigenvalue weighted by atomic mass is 16.5. The van der Waals surface area contributed by atoms with E-state index in [4.69, 9.17) is 4.74 Å². The van der Waals surface area contributed by atoms with E-state index >= 15 is 0 Å². The molecule has 1 N–H and O–H groups in total. The Morgan fingerprint density at radius 2 is 1.75 bits per heavy atom. The first-order valence-corrected chi connectivity index (χ1v) is 6.62. The number of hydrogen-bond donors (Lipinski definition) is 1. The van der Waals surface area contributed by atoms with E-state index in [-0.39, 0.29) is 0 Å². The second-order valence-electron chi connectivity index (χ2n) is 5.08. The predicted molar refractivity (Wildman–Crippen MR) is 77.9 cm³/mol. The molecule has 0 radical (unpaired) electrons. The largest absolute Gasteiger partial charge is 0.481 e. The first kappa shape index (κ1) is 14.5. The quantitative estimate of drug-likeness (QED) is 0.929. The van der Waals surface area contributed by atoms with Crippen molar-refractivity contribution in [3.8, 4) is 5.88 Å². The minimum absolute atomic E-state index is 0.448. The van der Waals surface area contributed by atoms with Crippen LogP contribution < -0.4 is 4.74 Å². The van der Waals surface area contributed by atoms with Gasteiger partial charge in [-0.15, -0.1) is 0 Å². The molecule has 106 valence electrons. The van der Waals surface area contributed by atoms with Crippen LogP contribution in [0.3, 0.4) is 0 Å². The van der Waals surface area contributed by atoms with Crippen molar-refractivity contribution in [2.45, 2.75) is 33.3 Å². The monoisotopic (exact) mass is 272 g/mol. The van der Waals surface area contributed by atoms with Crippen molar-refractivity contribution >= 4 is 0 Å². The highest BCUT2D eigenvalue weighted by Crippen LogP contribution is 2.26. The Morgan fingerprint density at radius 1 is 1.10 bits per heavy atom. The molecule has 0 amide bonds. The lowest BCUT2D eigenvalue weighted by atomic mass is 9.93. The van der Waals surface area contributed by atoms with Crippen LogP contribution in [0.2, 0.25) is 0 Å². The molecule has 0 spiro atoms. The highest BCUT2D eigenvalue weighted by Gasteiger charge is 2.15. The number of ether oxygens (including phenoxy) is 1. The third-order valence-corrected chi connectivity index (χ3v) is 3.38. The fourth-order valence-corrected chi connectivity index (χ4v) is 2.62. The molecule has 2 rings (SSSR count). The molecule has 4 heteroatoms. The predicted octanol–water partition coefficient (Wildman–Crippen LogP) is 2.69. The molecule has 1 unspecified atom stereocenters. The zero-order chi connectivity index (χ0) is 14.7. The Bertz CT molecular complexity index is 588. The zero-order valence-corrected chi connectivity index (χ0v) is 12.3. The van der Waals surface area contributed by atoms with Gasteiger partial charge in [0, 0.05) is 12.5 Å². The molecule has 1 heterocycles. The van der Waals surface area contributed by atoms with Crippen LogP contribution in [-0.2, 0) is 6.42 Å². The van der Waals surface area contributed by atoms with E-state index in [1.54, 1.807) is 13.2 Å². The van der Waals surface area contributed by atoms with E-state index in [9.17, 15) is 5.11 Å². The summed E-state index contributed by atoms with van der Waals surface area (Å²) in [5.74, 6) is 0.513. The van der Waals surface area contributed by atoms with Gasteiger partial charge in [0.2, 0.25) is 5.88 Å². The van der Waals surface area contributed by atoms with E-state index in [0.717, 1.165) is 22.4 Å². The number of aryl methyl sites for hydroxylation is 3. The van der Waals surface area contributed by atoms with Gasteiger partial charge in [-0.05, 0) is 37.5 Å². The summed E-state index contributed by atoms with van der Waals surface area (Å²) in [5, 5.41) is 10.5. The van der Waals surface area contributed by atoms with Gasteiger partial charge in [0.1, 0.15) is 6.33 Å². The van der Waals surface area contributed by atoms with Gasteiger partial charge >= 0.3 is 0 Å². The van der Waals surface area contributed by atoms with Crippen LogP contribution >= 0.6 is 0 Å². The molecule has 0 saturated heterocycles. The number of aliphatic hydroxyl groups excluding tert-OH is 1. The van der Waals surface area contributed by atoms with Crippen molar-refractivity contribution in [2.75, 3.05) is 7.11 Å². The number of methoxy groups -OCH3 is 1. The Labute approximate surface area is 119 Å². The molecule has 0 saturated carbocycles. The topological polar surface area (TPSA) is 55.2 Å². The molecule has 20 heavy (non-hydrogen) atoms. The summed E-state index contributed by atoms with van der Waals surface area (Å²) in [6.45, 7) is 6.11. The van der Waals surface area contributed by atoms with Gasteiger partial charge in [0.15, 0.2) is 0 Å². The fraction of sp³-hybridized carbons (Fsp3) is 0.375. The lowest BCUT2D eigenvalue weighted by Gasteiger charge is -2.17. The molecule has 0 fully saturated rings. The number of aliphatic hydroxyl groups is 1. The molecule has 0 aliphatic carbocycles. The van der Waals surface area contributed by atoms with Gasteiger partial charge in [-0.2, -0.15) is 0 Å². The molecular weight excluding hydrogens is 252 g/mol. The molecule has 1 aromatic heterocycles. The van der Waals surface area contributed by atoms with Crippen LogP contribution in [0.25, 0.3) is 0 Å². The molecule has 4 nitrogen and oxygen atoms in total. The maximum Gasteiger partial charge on any atom is 0.216 e. The number of benzene rings is 1. The summed E-state index contributed by atoms with van der Waals surface area (Å²) in [6, 6.07) is 5.93. The van der Waals surface area contributed by atoms with Crippen LogP contribution in [0, 0.1) is 20.8 Å². The van der Waals surface area contributed by atoms with Gasteiger partial charge in [0.05, 0.1) is 18.9 Å². The van der Waals surface area contributed by atoms with Gasteiger partial charge in [-0.25, -0.2) is 9.97 Å². The number of rotatable bonds is 4. The smallest absolute Gasteiger partial charge is 0.216 e. The van der Waals surface area contributed by atoms with Crippen LogP contribution in [0.15, 0.2) is 24.5 Å². The van der Waals surface area contributed by atoms with Crippen molar-refractivity contribution < 1.29 is 9.84 Å². The van der Waals surface area contributed by atoms with Crippen molar-refractivity contribution in [3.05, 3.63) is 52.5 Å². The Morgan fingerprint density at radius 3 is 2.35 bits per heavy atom. The molecular formula is C16H20N2O2. The lowest BCUT2D eigenvalue weighted by Crippen LogP contribution is -2.08. The van der Waals surface area contributed by atoms with Crippen molar-refractivity contribution in [1.29, 1.82) is 0 Å². The first-order valence-electron chi connectivity index (χ1n) is 6.62. The summed E-state index contributed by atoms with van der Waals surface area (Å²) in [4.78, 5) is 8.15. The summed E-state index contributed by atoms with van der Waals surface area (Å²) >= 11 is 0. The summed E-state index contributed by atoms with van der Waals surface area (Å²) in [6.07, 6.45) is 1.33. The summed E-state index contributed by atoms with van der Waals surface area (Å²) in [7, 11) is 1.57. The molecule has 0 aliphatic rings. The standard InChI is InChI=1S/C16H20N2O2/c1-10-5-11(2)16(12(3)6-10)14(19)7-13-8-15(20-4)18-9-17-13/h5-6,8-9,14,19H,7H2,1-4H3. The number of nitrogens with zero attached hydrogens (tertiary/aromatic N) is 2. The number of aromatic nitrogens is 2. The molecule has 0 aliphatic heterocycles. The Kier molecular flexibility index (Phi) is 4.35. The lowest BCUT2D eigenvalue weighted by molar-refractivity contribution is 0.175. The van der Waals surface area contributed by atoms with E-state index in [1.807, 2.05) is 13.8 Å². The Hall–Kier alpha value is -1.94. The van der Waals surface area contributed by atoms with Crippen LogP contribution in [0.4, 0.5) is 0 Å². The molecule has 0 bridgehead atoms. The average Bonchev–Trinajstić information content (AvgIpc) is 2.37. The van der Waals surface area contributed by atoms with Gasteiger partial charge < -0.3 is 9.84 Å². The van der Waals surface area contributed by atoms with E-state index in [2.05, 4.69) is 29.0 Å². The van der Waals surface area contributed by atoms with Crippen molar-refractivity contribution in [3.63, 3.8) is 0 Å². The second-order valence-corrected chi connectivity index (χ2v) is 5.08. The van der Waals surface area contributed by atoms with Crippen LogP contribution in [0.1, 0.15) is 34.1 Å². The summed E-state index contributed by atoms with van der Waals surface area (Å²) in [5.41, 5.74) is 5.17. The zero-order valence-electron chi connectivity index (χ0n) is 12.3. The maximum absolute atomic E-state index is 10.5. The third-order valence-electron chi connectivity index (χ3n) is 3.38. The van der Waals surface area contributed by atoms with E-state index in [1.165, 1.54) is 11.9 Å². The average molecular weight is 272 g/mol. The normalized spacial score (nSPS) is 12.2. The van der Waals surface area contributed by atoms with Crippen LogP contribution in [-0.4, -0.2) is 22.2 Å². The van der Waals surface area contributed by atoms with Crippen molar-refractivity contribution in [1.82, 2.24) is 9.97 Å². The maximum atomic E-state index is 10.5. The fourth-order valence-electron chi connectivity index (χ4n) is 2.62. The van der Waals surface area contributed by atoms with Gasteiger partial charge in [-0.1, -0.05) is 17.7 Å². The molecule has 1 atom stereocenters. The summed E-state index contributed by atoms with van der Waals surface area (Å²) < 4.78 is 5.07. The van der Waals surface area contributed by atoms with Crippen molar-refractivity contribution in [2.24, 2.45) is 0 Å². The SMILES string of the molecule is COc1cc(CC(O)c2c(C)cc(C)cc2C)ncn1. The number of hydrogen-bond acceptors (Lipinski definition) is 4.